The highest BCUT2D eigenvalue weighted by Crippen LogP contribution is 2.34. The van der Waals surface area contributed by atoms with E-state index in [0.29, 0.717) is 6.54 Å². The molecule has 0 spiro atoms. The van der Waals surface area contributed by atoms with Crippen LogP contribution in [0.2, 0.25) is 0 Å². The van der Waals surface area contributed by atoms with Crippen molar-refractivity contribution < 1.29 is 4.39 Å². The van der Waals surface area contributed by atoms with Gasteiger partial charge in [0.05, 0.1) is 17.4 Å². The summed E-state index contributed by atoms with van der Waals surface area (Å²) in [5.74, 6) is 0. The van der Waals surface area contributed by atoms with Gasteiger partial charge in [0.1, 0.15) is 6.17 Å². The summed E-state index contributed by atoms with van der Waals surface area (Å²) < 4.78 is 14.6. The molecule has 0 amide bonds. The first kappa shape index (κ1) is 19.6. The average molecular weight is 408 g/mol. The Balaban J connectivity index is 0.00000205. The number of H-pyrrole nitrogens is 1. The molecule has 2 atom stereocenters. The lowest BCUT2D eigenvalue weighted by molar-refractivity contribution is 0.271. The summed E-state index contributed by atoms with van der Waals surface area (Å²) in [5, 5.41) is 3.40. The van der Waals surface area contributed by atoms with Gasteiger partial charge in [0.2, 0.25) is 0 Å². The van der Waals surface area contributed by atoms with Crippen molar-refractivity contribution in [2.75, 3.05) is 0 Å². The number of aryl methyl sites for hydroxylation is 1. The molecule has 1 heterocycles. The molecular weight excluding hydrogens is 385 g/mol. The molecule has 29 heavy (non-hydrogen) atoms. The number of aromatic nitrogens is 2. The molecule has 5 rings (SSSR count). The normalized spacial score (nSPS) is 17.9. The van der Waals surface area contributed by atoms with E-state index < -0.39 is 6.17 Å². The van der Waals surface area contributed by atoms with Crippen LogP contribution in [0.25, 0.3) is 22.2 Å². The van der Waals surface area contributed by atoms with Gasteiger partial charge in [-0.15, -0.1) is 12.4 Å². The number of hydrogen-bond donors (Lipinski definition) is 2. The van der Waals surface area contributed by atoms with Crippen LogP contribution < -0.4 is 5.32 Å². The van der Waals surface area contributed by atoms with Gasteiger partial charge in [0.25, 0.3) is 0 Å². The fraction of sp³-hybridized carbons (Fsp3) is 0.208. The first-order valence-electron chi connectivity index (χ1n) is 9.68. The number of nitrogens with one attached hydrogen (secondary N) is 2. The summed E-state index contributed by atoms with van der Waals surface area (Å²) in [5.41, 5.74) is 8.71. The van der Waals surface area contributed by atoms with Gasteiger partial charge in [0, 0.05) is 12.6 Å². The second-order valence-electron chi connectivity index (χ2n) is 7.53. The van der Waals surface area contributed by atoms with Gasteiger partial charge < -0.3 is 10.3 Å². The summed E-state index contributed by atoms with van der Waals surface area (Å²) >= 11 is 0. The van der Waals surface area contributed by atoms with E-state index >= 15 is 0 Å². The van der Waals surface area contributed by atoms with Crippen molar-refractivity contribution in [2.24, 2.45) is 0 Å². The molecule has 148 valence electrons. The maximum atomic E-state index is 14.6. The van der Waals surface area contributed by atoms with Crippen LogP contribution in [0.1, 0.15) is 28.4 Å². The number of fused-ring (bicyclic) bond motifs is 2. The number of halogens is 2. The van der Waals surface area contributed by atoms with Crippen molar-refractivity contribution in [3.8, 4) is 11.1 Å². The van der Waals surface area contributed by atoms with E-state index in [1.54, 1.807) is 6.33 Å². The SMILES string of the molecule is Cc1c(-c2ccc(CNC3Cc4ccccc4C3F)cc2)ccc2[nH]cnc12.Cl. The molecule has 5 heteroatoms. The monoisotopic (exact) mass is 407 g/mol. The lowest BCUT2D eigenvalue weighted by Crippen LogP contribution is -2.30. The Hall–Kier alpha value is -2.69. The van der Waals surface area contributed by atoms with Crippen LogP contribution in [0.5, 0.6) is 0 Å². The highest BCUT2D eigenvalue weighted by Gasteiger charge is 2.31. The van der Waals surface area contributed by atoms with Crippen LogP contribution in [0.15, 0.2) is 67.0 Å². The molecule has 2 N–H and O–H groups in total. The van der Waals surface area contributed by atoms with Gasteiger partial charge in [-0.3, -0.25) is 0 Å². The van der Waals surface area contributed by atoms with Crippen molar-refractivity contribution in [1.82, 2.24) is 15.3 Å². The zero-order chi connectivity index (χ0) is 19.1. The highest BCUT2D eigenvalue weighted by molar-refractivity contribution is 5.86. The predicted octanol–water partition coefficient (Wildman–Crippen LogP) is 5.69. The predicted molar refractivity (Wildman–Crippen MR) is 118 cm³/mol. The summed E-state index contributed by atoms with van der Waals surface area (Å²) in [6.45, 7) is 2.77. The Kier molecular flexibility index (Phi) is 5.39. The topological polar surface area (TPSA) is 40.7 Å². The largest absolute Gasteiger partial charge is 0.345 e. The molecule has 0 saturated carbocycles. The van der Waals surface area contributed by atoms with E-state index in [4.69, 9.17) is 0 Å². The first-order chi connectivity index (χ1) is 13.7. The number of imidazole rings is 1. The first-order valence-corrected chi connectivity index (χ1v) is 9.68. The van der Waals surface area contributed by atoms with Gasteiger partial charge >= 0.3 is 0 Å². The van der Waals surface area contributed by atoms with Crippen molar-refractivity contribution in [1.29, 1.82) is 0 Å². The number of benzene rings is 3. The fourth-order valence-corrected chi connectivity index (χ4v) is 4.24. The van der Waals surface area contributed by atoms with Gasteiger partial charge in [-0.1, -0.05) is 54.6 Å². The highest BCUT2D eigenvalue weighted by atomic mass is 35.5. The molecule has 3 aromatic carbocycles. The molecule has 0 fully saturated rings. The van der Waals surface area contributed by atoms with E-state index in [1.807, 2.05) is 24.3 Å². The van der Waals surface area contributed by atoms with E-state index in [2.05, 4.69) is 58.6 Å². The Morgan fingerprint density at radius 3 is 2.66 bits per heavy atom. The molecule has 2 unspecified atom stereocenters. The van der Waals surface area contributed by atoms with E-state index in [-0.39, 0.29) is 18.4 Å². The third-order valence-electron chi connectivity index (χ3n) is 5.82. The lowest BCUT2D eigenvalue weighted by Gasteiger charge is -2.15. The number of hydrogen-bond acceptors (Lipinski definition) is 2. The Morgan fingerprint density at radius 1 is 1.07 bits per heavy atom. The molecule has 1 aliphatic carbocycles. The number of alkyl halides is 1. The Bertz CT molecular complexity index is 1140. The van der Waals surface area contributed by atoms with E-state index in [1.165, 1.54) is 16.7 Å². The van der Waals surface area contributed by atoms with Crippen LogP contribution >= 0.6 is 12.4 Å². The molecule has 3 nitrogen and oxygen atoms in total. The second-order valence-corrected chi connectivity index (χ2v) is 7.53. The zero-order valence-electron chi connectivity index (χ0n) is 16.2. The number of aromatic amines is 1. The maximum absolute atomic E-state index is 14.6. The molecule has 0 aliphatic heterocycles. The zero-order valence-corrected chi connectivity index (χ0v) is 17.0. The fourth-order valence-electron chi connectivity index (χ4n) is 4.24. The third kappa shape index (κ3) is 3.54. The standard InChI is InChI=1S/C24H22FN3.ClH/c1-15-19(10-11-21-24(15)28-14-27-21)17-8-6-16(7-9-17)13-26-22-12-18-4-2-3-5-20(18)23(22)25;/h2-11,14,22-23,26H,12-13H2,1H3,(H,27,28);1H. The Morgan fingerprint density at radius 2 is 1.86 bits per heavy atom. The summed E-state index contributed by atoms with van der Waals surface area (Å²) in [6, 6.07) is 20.4. The Labute approximate surface area is 175 Å². The van der Waals surface area contributed by atoms with Gasteiger partial charge in [-0.05, 0) is 52.8 Å². The van der Waals surface area contributed by atoms with Crippen LogP contribution in [0.4, 0.5) is 4.39 Å². The quantitative estimate of drug-likeness (QED) is 0.456. The smallest absolute Gasteiger partial charge is 0.141 e. The maximum Gasteiger partial charge on any atom is 0.141 e. The molecule has 1 aromatic heterocycles. The van der Waals surface area contributed by atoms with Crippen molar-refractivity contribution in [3.63, 3.8) is 0 Å². The minimum absolute atomic E-state index is 0. The molecule has 0 radical (unpaired) electrons. The molecule has 4 aromatic rings. The van der Waals surface area contributed by atoms with Crippen LogP contribution in [0.3, 0.4) is 0 Å². The van der Waals surface area contributed by atoms with E-state index in [9.17, 15) is 4.39 Å². The summed E-state index contributed by atoms with van der Waals surface area (Å²) in [7, 11) is 0. The van der Waals surface area contributed by atoms with Crippen LogP contribution in [0, 0.1) is 6.92 Å². The molecule has 0 saturated heterocycles. The summed E-state index contributed by atoms with van der Waals surface area (Å²) in [6.07, 6.45) is 1.55. The molecule has 0 bridgehead atoms. The minimum atomic E-state index is -0.932. The van der Waals surface area contributed by atoms with Crippen molar-refractivity contribution >= 4 is 23.4 Å². The van der Waals surface area contributed by atoms with Gasteiger partial charge in [0.15, 0.2) is 0 Å². The number of rotatable bonds is 4. The lowest BCUT2D eigenvalue weighted by atomic mass is 9.98. The van der Waals surface area contributed by atoms with Gasteiger partial charge in [-0.25, -0.2) is 9.37 Å². The minimum Gasteiger partial charge on any atom is -0.345 e. The molecular formula is C24H23ClFN3. The van der Waals surface area contributed by atoms with Crippen LogP contribution in [-0.4, -0.2) is 16.0 Å². The van der Waals surface area contributed by atoms with Gasteiger partial charge in [-0.2, -0.15) is 0 Å². The second kappa shape index (κ2) is 7.97. The molecule has 1 aliphatic rings. The van der Waals surface area contributed by atoms with Crippen molar-refractivity contribution in [2.45, 2.75) is 32.1 Å². The number of nitrogens with zero attached hydrogens (tertiary/aromatic N) is 1. The van der Waals surface area contributed by atoms with Crippen molar-refractivity contribution in [3.05, 3.63) is 89.2 Å². The van der Waals surface area contributed by atoms with E-state index in [0.717, 1.165) is 34.1 Å². The summed E-state index contributed by atoms with van der Waals surface area (Å²) in [4.78, 5) is 7.57. The average Bonchev–Trinajstić information content (AvgIpc) is 3.33. The van der Waals surface area contributed by atoms with Crippen LogP contribution in [-0.2, 0) is 13.0 Å². The third-order valence-corrected chi connectivity index (χ3v) is 5.82.